The normalized spacial score (nSPS) is 12.1. The number of aromatic nitrogens is 1. The predicted molar refractivity (Wildman–Crippen MR) is 98.4 cm³/mol. The fraction of sp³-hybridized carbons (Fsp3) is 0.0952. The topological polar surface area (TPSA) is 48.0 Å². The molecule has 0 atom stereocenters. The molecule has 3 nitrogen and oxygen atoms in total. The molecule has 0 unspecified atom stereocenters. The fourth-order valence-electron chi connectivity index (χ4n) is 3.58. The van der Waals surface area contributed by atoms with E-state index in [1.54, 1.807) is 0 Å². The van der Waals surface area contributed by atoms with Crippen LogP contribution in [0.2, 0.25) is 0 Å². The molecular weight excluding hydrogens is 410 g/mol. The van der Waals surface area contributed by atoms with Gasteiger partial charge in [0.25, 0.3) is 0 Å². The van der Waals surface area contributed by atoms with Gasteiger partial charge in [-0.3, -0.25) is 4.79 Å². The summed E-state index contributed by atoms with van der Waals surface area (Å²) in [4.78, 5) is 11.9. The van der Waals surface area contributed by atoms with E-state index < -0.39 is 47.2 Å². The maximum absolute atomic E-state index is 14.2. The number of amides is 1. The molecule has 3 aromatic carbocycles. The molecule has 0 fully saturated rings. The Morgan fingerprint density at radius 2 is 1.60 bits per heavy atom. The molecule has 0 radical (unpaired) electrons. The van der Waals surface area contributed by atoms with Gasteiger partial charge in [-0.25, -0.2) is 13.2 Å². The van der Waals surface area contributed by atoms with Gasteiger partial charge in [-0.15, -0.1) is 0 Å². The van der Waals surface area contributed by atoms with Crippen molar-refractivity contribution in [3.8, 4) is 0 Å². The zero-order valence-corrected chi connectivity index (χ0v) is 15.0. The molecule has 1 heterocycles. The number of hydrogen-bond donors (Lipinski definition) is 1. The number of rotatable bonds is 3. The highest BCUT2D eigenvalue weighted by Gasteiger charge is 2.31. The van der Waals surface area contributed by atoms with Crippen molar-refractivity contribution in [2.45, 2.75) is 12.7 Å². The molecule has 0 aliphatic rings. The second-order valence-corrected chi connectivity index (χ2v) is 6.73. The average molecular weight is 422 g/mol. The minimum absolute atomic E-state index is 0.00310. The summed E-state index contributed by atoms with van der Waals surface area (Å²) >= 11 is 0. The number of hydrogen-bond acceptors (Lipinski definition) is 1. The molecule has 154 valence electrons. The molecular formula is C21H12F6N2O. The Balaban J connectivity index is 2.08. The summed E-state index contributed by atoms with van der Waals surface area (Å²) in [6.07, 6.45) is -4.66. The quantitative estimate of drug-likeness (QED) is 0.443. The van der Waals surface area contributed by atoms with Crippen molar-refractivity contribution in [2.24, 2.45) is 5.73 Å². The fourth-order valence-corrected chi connectivity index (χ4v) is 3.58. The van der Waals surface area contributed by atoms with Crippen LogP contribution < -0.4 is 5.73 Å². The molecule has 4 rings (SSSR count). The lowest BCUT2D eigenvalue weighted by atomic mass is 10.0. The van der Waals surface area contributed by atoms with Crippen molar-refractivity contribution in [2.75, 3.05) is 0 Å². The lowest BCUT2D eigenvalue weighted by Gasteiger charge is -2.12. The Morgan fingerprint density at radius 3 is 2.20 bits per heavy atom. The van der Waals surface area contributed by atoms with Crippen molar-refractivity contribution >= 4 is 27.7 Å². The average Bonchev–Trinajstić information content (AvgIpc) is 2.96. The molecule has 30 heavy (non-hydrogen) atoms. The van der Waals surface area contributed by atoms with Crippen LogP contribution in [-0.2, 0) is 12.7 Å². The summed E-state index contributed by atoms with van der Waals surface area (Å²) in [6.45, 7) is -0.526. The Morgan fingerprint density at radius 1 is 0.933 bits per heavy atom. The number of alkyl halides is 3. The standard InChI is InChI=1S/C21H12F6N2O/c22-11-7-15(23)14(16(24)8-11)9-29-17-3-1-2-13(20(28)30)19(17)12-5-4-10(6-18(12)29)21(25,26)27/h1-8H,9H2,(H2,28,30). The van der Waals surface area contributed by atoms with E-state index in [0.717, 1.165) is 12.1 Å². The summed E-state index contributed by atoms with van der Waals surface area (Å²) in [5.41, 5.74) is 4.21. The van der Waals surface area contributed by atoms with Crippen molar-refractivity contribution in [1.82, 2.24) is 4.57 Å². The number of carbonyl (C=O) groups is 1. The van der Waals surface area contributed by atoms with Gasteiger partial charge in [-0.2, -0.15) is 13.2 Å². The zero-order valence-electron chi connectivity index (χ0n) is 15.0. The Hall–Kier alpha value is -3.49. The van der Waals surface area contributed by atoms with Gasteiger partial charge in [-0.05, 0) is 24.3 Å². The molecule has 0 spiro atoms. The maximum Gasteiger partial charge on any atom is 0.416 e. The molecule has 0 aliphatic carbocycles. The van der Waals surface area contributed by atoms with Crippen molar-refractivity contribution in [1.29, 1.82) is 0 Å². The van der Waals surface area contributed by atoms with E-state index in [9.17, 15) is 31.1 Å². The summed E-state index contributed by atoms with van der Waals surface area (Å²) in [7, 11) is 0. The van der Waals surface area contributed by atoms with E-state index in [4.69, 9.17) is 5.73 Å². The number of fused-ring (bicyclic) bond motifs is 3. The zero-order chi connectivity index (χ0) is 21.8. The number of carbonyl (C=O) groups excluding carboxylic acids is 1. The molecule has 0 saturated carbocycles. The number of nitrogens with zero attached hydrogens (tertiary/aromatic N) is 1. The van der Waals surface area contributed by atoms with Crippen LogP contribution in [0.3, 0.4) is 0 Å². The molecule has 0 bridgehead atoms. The van der Waals surface area contributed by atoms with E-state index in [0.29, 0.717) is 12.1 Å². The monoisotopic (exact) mass is 422 g/mol. The van der Waals surface area contributed by atoms with Gasteiger partial charge in [0, 0.05) is 34.0 Å². The van der Waals surface area contributed by atoms with E-state index in [1.165, 1.54) is 28.8 Å². The third-order valence-electron chi connectivity index (χ3n) is 4.91. The van der Waals surface area contributed by atoms with Gasteiger partial charge in [-0.1, -0.05) is 12.1 Å². The Bertz CT molecular complexity index is 1300. The SMILES string of the molecule is NC(=O)c1cccc2c1c1ccc(C(F)(F)F)cc1n2Cc1c(F)cc(F)cc1F. The van der Waals surface area contributed by atoms with E-state index in [-0.39, 0.29) is 27.4 Å². The molecule has 9 heteroatoms. The van der Waals surface area contributed by atoms with Gasteiger partial charge < -0.3 is 10.3 Å². The van der Waals surface area contributed by atoms with Gasteiger partial charge in [0.05, 0.1) is 23.1 Å². The van der Waals surface area contributed by atoms with E-state index in [2.05, 4.69) is 0 Å². The highest BCUT2D eigenvalue weighted by molar-refractivity contribution is 6.18. The summed E-state index contributed by atoms with van der Waals surface area (Å²) in [6, 6.07) is 8.20. The molecule has 1 aromatic heterocycles. The molecule has 2 N–H and O–H groups in total. The van der Waals surface area contributed by atoms with Crippen LogP contribution in [0.5, 0.6) is 0 Å². The maximum atomic E-state index is 14.2. The van der Waals surface area contributed by atoms with Gasteiger partial charge in [0.2, 0.25) is 5.91 Å². The van der Waals surface area contributed by atoms with Gasteiger partial charge in [0.15, 0.2) is 0 Å². The number of primary amides is 1. The van der Waals surface area contributed by atoms with Crippen molar-refractivity contribution in [3.05, 3.63) is 82.7 Å². The second-order valence-electron chi connectivity index (χ2n) is 6.73. The smallest absolute Gasteiger partial charge is 0.366 e. The van der Waals surface area contributed by atoms with Crippen LogP contribution >= 0.6 is 0 Å². The van der Waals surface area contributed by atoms with Crippen LogP contribution in [0.4, 0.5) is 26.3 Å². The highest BCUT2D eigenvalue weighted by atomic mass is 19.4. The number of benzene rings is 3. The van der Waals surface area contributed by atoms with Crippen LogP contribution in [-0.4, -0.2) is 10.5 Å². The predicted octanol–water partition coefficient (Wildman–Crippen LogP) is 5.38. The first-order valence-corrected chi connectivity index (χ1v) is 8.63. The first-order valence-electron chi connectivity index (χ1n) is 8.63. The minimum atomic E-state index is -4.66. The third kappa shape index (κ3) is 3.16. The molecule has 1 amide bonds. The summed E-state index contributed by atoms with van der Waals surface area (Å²) < 4.78 is 82.8. The molecule has 4 aromatic rings. The lowest BCUT2D eigenvalue weighted by molar-refractivity contribution is -0.137. The Labute approximate surface area is 165 Å². The van der Waals surface area contributed by atoms with Crippen LogP contribution in [0, 0.1) is 17.5 Å². The van der Waals surface area contributed by atoms with Crippen LogP contribution in [0.1, 0.15) is 21.5 Å². The van der Waals surface area contributed by atoms with Gasteiger partial charge in [0.1, 0.15) is 17.5 Å². The van der Waals surface area contributed by atoms with Crippen molar-refractivity contribution < 1.29 is 31.1 Å². The van der Waals surface area contributed by atoms with Crippen molar-refractivity contribution in [3.63, 3.8) is 0 Å². The van der Waals surface area contributed by atoms with E-state index in [1.807, 2.05) is 0 Å². The summed E-state index contributed by atoms with van der Waals surface area (Å²) in [5.74, 6) is -4.29. The summed E-state index contributed by atoms with van der Waals surface area (Å²) in [5, 5.41) is 0.520. The Kier molecular flexibility index (Phi) is 4.48. The van der Waals surface area contributed by atoms with Gasteiger partial charge >= 0.3 is 6.18 Å². The van der Waals surface area contributed by atoms with E-state index >= 15 is 0 Å². The lowest BCUT2D eigenvalue weighted by Crippen LogP contribution is -2.11. The molecule has 0 saturated heterocycles. The minimum Gasteiger partial charge on any atom is -0.366 e. The first kappa shape index (κ1) is 19.8. The number of nitrogens with two attached hydrogens (primary N) is 1. The highest BCUT2D eigenvalue weighted by Crippen LogP contribution is 2.37. The second kappa shape index (κ2) is 6.79. The third-order valence-corrected chi connectivity index (χ3v) is 4.91. The molecule has 0 aliphatic heterocycles. The van der Waals surface area contributed by atoms with Crippen LogP contribution in [0.25, 0.3) is 21.8 Å². The first-order chi connectivity index (χ1) is 14.1. The van der Waals surface area contributed by atoms with Crippen LogP contribution in [0.15, 0.2) is 48.5 Å². The number of halogens is 6. The largest absolute Gasteiger partial charge is 0.416 e.